The van der Waals surface area contributed by atoms with E-state index < -0.39 is 0 Å². The second-order valence-electron chi connectivity index (χ2n) is 8.51. The number of fused-ring (bicyclic) bond motifs is 1. The summed E-state index contributed by atoms with van der Waals surface area (Å²) < 4.78 is 4.92. The van der Waals surface area contributed by atoms with Crippen molar-refractivity contribution in [3.05, 3.63) is 60.4 Å². The summed E-state index contributed by atoms with van der Waals surface area (Å²) in [6.07, 6.45) is 7.26. The average molecular weight is 447 g/mol. The first-order valence-corrected chi connectivity index (χ1v) is 11.6. The predicted octanol–water partition coefficient (Wildman–Crippen LogP) is 4.58. The molecule has 1 aliphatic rings. The molecule has 1 fully saturated rings. The smallest absolute Gasteiger partial charge is 0.407 e. The van der Waals surface area contributed by atoms with Gasteiger partial charge in [-0.25, -0.2) is 9.78 Å². The van der Waals surface area contributed by atoms with Crippen molar-refractivity contribution < 1.29 is 14.3 Å². The molecular formula is C26H30N4O3. The minimum atomic E-state index is -0.345. The van der Waals surface area contributed by atoms with E-state index in [0.29, 0.717) is 37.1 Å². The number of alkyl carbamates (subject to hydrolysis) is 1. The van der Waals surface area contributed by atoms with Gasteiger partial charge in [0.15, 0.2) is 0 Å². The number of amides is 2. The number of hydrogen-bond acceptors (Lipinski definition) is 5. The standard InChI is InChI=1S/C26H30N4O3/c1-2-33-26(32)29-17-19-9-7-18(8-10-19)16-28-25(31)22-15-24(20-11-13-27-14-12-20)30-23-6-4-3-5-21(22)23/h3-6,11-15,18-19H,2,7-10,16-17H2,1H3,(H,28,31)(H,29,32)/t18-,19-. The molecule has 7 heteroatoms. The number of carbonyl (C=O) groups excluding carboxylic acids is 2. The summed E-state index contributed by atoms with van der Waals surface area (Å²) in [5, 5.41) is 6.84. The van der Waals surface area contributed by atoms with E-state index in [9.17, 15) is 9.59 Å². The molecule has 0 bridgehead atoms. The average Bonchev–Trinajstić information content (AvgIpc) is 2.86. The third-order valence-corrected chi connectivity index (χ3v) is 6.27. The molecule has 0 aliphatic heterocycles. The molecule has 33 heavy (non-hydrogen) atoms. The van der Waals surface area contributed by atoms with Gasteiger partial charge in [0, 0.05) is 36.4 Å². The fraction of sp³-hybridized carbons (Fsp3) is 0.385. The first-order valence-electron chi connectivity index (χ1n) is 11.6. The molecule has 2 amide bonds. The van der Waals surface area contributed by atoms with Crippen LogP contribution < -0.4 is 10.6 Å². The van der Waals surface area contributed by atoms with Gasteiger partial charge in [-0.15, -0.1) is 0 Å². The van der Waals surface area contributed by atoms with Crippen LogP contribution in [0.25, 0.3) is 22.2 Å². The van der Waals surface area contributed by atoms with Crippen LogP contribution in [-0.4, -0.2) is 41.7 Å². The van der Waals surface area contributed by atoms with Gasteiger partial charge >= 0.3 is 6.09 Å². The van der Waals surface area contributed by atoms with Crippen molar-refractivity contribution in [2.24, 2.45) is 11.8 Å². The second kappa shape index (κ2) is 10.9. The van der Waals surface area contributed by atoms with Gasteiger partial charge in [-0.3, -0.25) is 9.78 Å². The van der Waals surface area contributed by atoms with E-state index in [-0.39, 0.29) is 12.0 Å². The molecule has 0 atom stereocenters. The number of ether oxygens (including phenoxy) is 1. The van der Waals surface area contributed by atoms with Gasteiger partial charge in [0.05, 0.1) is 23.4 Å². The Morgan fingerprint density at radius 1 is 0.970 bits per heavy atom. The van der Waals surface area contributed by atoms with E-state index in [1.165, 1.54) is 0 Å². The maximum atomic E-state index is 13.2. The molecule has 0 radical (unpaired) electrons. The number of pyridine rings is 2. The summed E-state index contributed by atoms with van der Waals surface area (Å²) in [6.45, 7) is 3.49. The van der Waals surface area contributed by atoms with Crippen LogP contribution in [0.4, 0.5) is 4.79 Å². The van der Waals surface area contributed by atoms with E-state index in [4.69, 9.17) is 9.72 Å². The van der Waals surface area contributed by atoms with Crippen LogP contribution in [0, 0.1) is 11.8 Å². The number of benzene rings is 1. The lowest BCUT2D eigenvalue weighted by molar-refractivity contribution is 0.0942. The zero-order valence-electron chi connectivity index (χ0n) is 18.9. The summed E-state index contributed by atoms with van der Waals surface area (Å²) >= 11 is 0. The van der Waals surface area contributed by atoms with E-state index in [2.05, 4.69) is 15.6 Å². The Kier molecular flexibility index (Phi) is 7.50. The molecule has 1 aliphatic carbocycles. The minimum absolute atomic E-state index is 0.0741. The van der Waals surface area contributed by atoms with E-state index in [0.717, 1.165) is 47.8 Å². The number of hydrogen-bond donors (Lipinski definition) is 2. The maximum Gasteiger partial charge on any atom is 0.407 e. The van der Waals surface area contributed by atoms with Gasteiger partial charge in [0.1, 0.15) is 0 Å². The zero-order valence-corrected chi connectivity index (χ0v) is 18.9. The van der Waals surface area contributed by atoms with Crippen LogP contribution in [0.2, 0.25) is 0 Å². The van der Waals surface area contributed by atoms with Gasteiger partial charge < -0.3 is 15.4 Å². The molecule has 7 nitrogen and oxygen atoms in total. The van der Waals surface area contributed by atoms with Crippen LogP contribution >= 0.6 is 0 Å². The molecule has 2 heterocycles. The normalized spacial score (nSPS) is 18.0. The molecule has 2 N–H and O–H groups in total. The molecule has 3 aromatic rings. The van der Waals surface area contributed by atoms with E-state index in [1.807, 2.05) is 42.5 Å². The third kappa shape index (κ3) is 5.86. The topological polar surface area (TPSA) is 93.2 Å². The van der Waals surface area contributed by atoms with Crippen molar-refractivity contribution in [3.63, 3.8) is 0 Å². The van der Waals surface area contributed by atoms with Crippen LogP contribution in [0.1, 0.15) is 43.0 Å². The van der Waals surface area contributed by atoms with Crippen molar-refractivity contribution in [2.75, 3.05) is 19.7 Å². The molecule has 1 aromatic carbocycles. The lowest BCUT2D eigenvalue weighted by Crippen LogP contribution is -2.34. The summed E-state index contributed by atoms with van der Waals surface area (Å²) in [4.78, 5) is 33.5. The SMILES string of the molecule is CCOC(=O)NC[C@H]1CC[C@H](CNC(=O)c2cc(-c3ccncc3)nc3ccccc23)CC1. The van der Waals surface area contributed by atoms with Gasteiger partial charge in [0.2, 0.25) is 0 Å². The Balaban J connectivity index is 1.37. The molecule has 4 rings (SSSR count). The maximum absolute atomic E-state index is 13.2. The summed E-state index contributed by atoms with van der Waals surface area (Å²) in [5.41, 5.74) is 3.13. The fourth-order valence-corrected chi connectivity index (χ4v) is 4.42. The zero-order chi connectivity index (χ0) is 23.0. The number of carbonyl (C=O) groups is 2. The van der Waals surface area contributed by atoms with Crippen molar-refractivity contribution in [2.45, 2.75) is 32.6 Å². The Bertz CT molecular complexity index is 1100. The lowest BCUT2D eigenvalue weighted by Gasteiger charge is -2.28. The Labute approximate surface area is 194 Å². The Hall–Kier alpha value is -3.48. The molecule has 172 valence electrons. The predicted molar refractivity (Wildman–Crippen MR) is 128 cm³/mol. The largest absolute Gasteiger partial charge is 0.450 e. The summed E-state index contributed by atoms with van der Waals surface area (Å²) in [6, 6.07) is 13.4. The van der Waals surface area contributed by atoms with Crippen LogP contribution in [-0.2, 0) is 4.74 Å². The molecule has 0 unspecified atom stereocenters. The Morgan fingerprint density at radius 3 is 2.33 bits per heavy atom. The lowest BCUT2D eigenvalue weighted by atomic mass is 9.82. The highest BCUT2D eigenvalue weighted by molar-refractivity contribution is 6.07. The van der Waals surface area contributed by atoms with Gasteiger partial charge in [-0.05, 0) is 68.7 Å². The minimum Gasteiger partial charge on any atom is -0.450 e. The second-order valence-corrected chi connectivity index (χ2v) is 8.51. The number of nitrogens with one attached hydrogen (secondary N) is 2. The number of para-hydroxylation sites is 1. The number of nitrogens with zero attached hydrogens (tertiary/aromatic N) is 2. The highest BCUT2D eigenvalue weighted by atomic mass is 16.5. The summed E-state index contributed by atoms with van der Waals surface area (Å²) in [7, 11) is 0. The first kappa shape index (κ1) is 22.7. The van der Waals surface area contributed by atoms with E-state index in [1.54, 1.807) is 19.3 Å². The van der Waals surface area contributed by atoms with Gasteiger partial charge in [-0.1, -0.05) is 18.2 Å². The molecular weight excluding hydrogens is 416 g/mol. The van der Waals surface area contributed by atoms with Gasteiger partial charge in [0.25, 0.3) is 5.91 Å². The molecule has 0 saturated heterocycles. The Morgan fingerprint density at radius 2 is 1.64 bits per heavy atom. The number of aromatic nitrogens is 2. The third-order valence-electron chi connectivity index (χ3n) is 6.27. The quantitative estimate of drug-likeness (QED) is 0.554. The molecule has 1 saturated carbocycles. The van der Waals surface area contributed by atoms with Crippen LogP contribution in [0.3, 0.4) is 0 Å². The van der Waals surface area contributed by atoms with Crippen molar-refractivity contribution >= 4 is 22.9 Å². The fourth-order valence-electron chi connectivity index (χ4n) is 4.42. The van der Waals surface area contributed by atoms with Crippen molar-refractivity contribution in [3.8, 4) is 11.3 Å². The van der Waals surface area contributed by atoms with Crippen LogP contribution in [0.15, 0.2) is 54.9 Å². The summed E-state index contributed by atoms with van der Waals surface area (Å²) in [5.74, 6) is 0.837. The highest BCUT2D eigenvalue weighted by Gasteiger charge is 2.23. The van der Waals surface area contributed by atoms with Crippen LogP contribution in [0.5, 0.6) is 0 Å². The van der Waals surface area contributed by atoms with Crippen molar-refractivity contribution in [1.29, 1.82) is 0 Å². The van der Waals surface area contributed by atoms with E-state index >= 15 is 0 Å². The first-order chi connectivity index (χ1) is 16.1. The molecule has 0 spiro atoms. The number of rotatable bonds is 7. The van der Waals surface area contributed by atoms with Crippen molar-refractivity contribution in [1.82, 2.24) is 20.6 Å². The molecule has 2 aromatic heterocycles. The van der Waals surface area contributed by atoms with Gasteiger partial charge in [-0.2, -0.15) is 0 Å². The monoisotopic (exact) mass is 446 g/mol. The highest BCUT2D eigenvalue weighted by Crippen LogP contribution is 2.28.